The molecule has 0 aromatic carbocycles. The summed E-state index contributed by atoms with van der Waals surface area (Å²) in [5.41, 5.74) is 3.37. The first kappa shape index (κ1) is 13.5. The monoisotopic (exact) mass is 305 g/mol. The molecule has 4 rings (SSSR count). The summed E-state index contributed by atoms with van der Waals surface area (Å²) in [6.45, 7) is 0.561. The molecule has 0 fully saturated rings. The number of nitrogens with zero attached hydrogens (tertiary/aromatic N) is 2. The van der Waals surface area contributed by atoms with E-state index in [9.17, 15) is 4.79 Å². The average Bonchev–Trinajstić information content (AvgIpc) is 3.21. The van der Waals surface area contributed by atoms with E-state index in [1.165, 1.54) is 0 Å². The van der Waals surface area contributed by atoms with Crippen LogP contribution in [0.15, 0.2) is 49.1 Å². The highest BCUT2D eigenvalue weighted by Gasteiger charge is 2.08. The molecule has 4 aromatic heterocycles. The van der Waals surface area contributed by atoms with E-state index in [1.807, 2.05) is 36.7 Å². The van der Waals surface area contributed by atoms with Gasteiger partial charge in [0.2, 0.25) is 0 Å². The Morgan fingerprint density at radius 2 is 2.13 bits per heavy atom. The van der Waals surface area contributed by atoms with Crippen LogP contribution in [-0.4, -0.2) is 32.4 Å². The number of H-pyrrole nitrogens is 2. The van der Waals surface area contributed by atoms with E-state index in [0.717, 1.165) is 34.1 Å². The molecule has 0 spiro atoms. The maximum Gasteiger partial charge on any atom is 0.252 e. The minimum absolute atomic E-state index is 0.112. The van der Waals surface area contributed by atoms with Crippen LogP contribution in [0.3, 0.4) is 0 Å². The summed E-state index contributed by atoms with van der Waals surface area (Å²) >= 11 is 0. The first-order valence-corrected chi connectivity index (χ1v) is 7.43. The third kappa shape index (κ3) is 2.55. The van der Waals surface area contributed by atoms with Crippen LogP contribution in [0.4, 0.5) is 0 Å². The van der Waals surface area contributed by atoms with Gasteiger partial charge in [0.1, 0.15) is 11.3 Å². The van der Waals surface area contributed by atoms with Crippen LogP contribution in [0, 0.1) is 0 Å². The van der Waals surface area contributed by atoms with Gasteiger partial charge in [-0.2, -0.15) is 0 Å². The Labute approximate surface area is 132 Å². The zero-order valence-electron chi connectivity index (χ0n) is 12.3. The molecular weight excluding hydrogens is 290 g/mol. The molecule has 23 heavy (non-hydrogen) atoms. The summed E-state index contributed by atoms with van der Waals surface area (Å²) in [7, 11) is 0. The van der Waals surface area contributed by atoms with Crippen molar-refractivity contribution in [1.29, 1.82) is 0 Å². The van der Waals surface area contributed by atoms with E-state index in [-0.39, 0.29) is 5.91 Å². The van der Waals surface area contributed by atoms with Crippen molar-refractivity contribution < 1.29 is 4.79 Å². The number of fused-ring (bicyclic) bond motifs is 2. The van der Waals surface area contributed by atoms with E-state index >= 15 is 0 Å². The maximum atomic E-state index is 12.2. The lowest BCUT2D eigenvalue weighted by Gasteiger charge is -2.05. The van der Waals surface area contributed by atoms with Crippen molar-refractivity contribution in [1.82, 2.24) is 25.3 Å². The third-order valence-corrected chi connectivity index (χ3v) is 3.88. The van der Waals surface area contributed by atoms with Crippen LogP contribution in [0.25, 0.3) is 22.1 Å². The lowest BCUT2D eigenvalue weighted by atomic mass is 10.1. The van der Waals surface area contributed by atoms with Crippen molar-refractivity contribution in [2.45, 2.75) is 6.42 Å². The van der Waals surface area contributed by atoms with E-state index in [4.69, 9.17) is 0 Å². The number of nitrogens with one attached hydrogen (secondary N) is 3. The topological polar surface area (TPSA) is 86.5 Å². The second-order valence-electron chi connectivity index (χ2n) is 5.36. The number of aromatic nitrogens is 4. The van der Waals surface area contributed by atoms with E-state index in [1.54, 1.807) is 12.4 Å². The van der Waals surface area contributed by atoms with E-state index < -0.39 is 0 Å². The fraction of sp³-hybridized carbons (Fsp3) is 0.118. The Morgan fingerprint density at radius 1 is 1.17 bits per heavy atom. The summed E-state index contributed by atoms with van der Waals surface area (Å²) in [6, 6.07) is 7.68. The zero-order valence-corrected chi connectivity index (χ0v) is 12.3. The first-order chi connectivity index (χ1) is 11.3. The quantitative estimate of drug-likeness (QED) is 0.541. The lowest BCUT2D eigenvalue weighted by molar-refractivity contribution is 0.0954. The van der Waals surface area contributed by atoms with Crippen LogP contribution >= 0.6 is 0 Å². The van der Waals surface area contributed by atoms with Gasteiger partial charge in [0.05, 0.1) is 5.56 Å². The number of aromatic amines is 2. The Hall–Kier alpha value is -3.15. The molecule has 0 aliphatic rings. The molecule has 0 atom stereocenters. The molecule has 0 saturated carbocycles. The molecule has 114 valence electrons. The fourth-order valence-corrected chi connectivity index (χ4v) is 2.70. The Morgan fingerprint density at radius 3 is 3.09 bits per heavy atom. The second kappa shape index (κ2) is 5.57. The summed E-state index contributed by atoms with van der Waals surface area (Å²) in [5, 5.41) is 4.96. The Bertz CT molecular complexity index is 985. The highest BCUT2D eigenvalue weighted by molar-refractivity contribution is 5.96. The highest BCUT2D eigenvalue weighted by Crippen LogP contribution is 2.16. The van der Waals surface area contributed by atoms with Gasteiger partial charge in [0.15, 0.2) is 0 Å². The molecule has 6 heteroatoms. The number of pyridine rings is 2. The number of carbonyl (C=O) groups is 1. The predicted octanol–water partition coefficient (Wildman–Crippen LogP) is 2.41. The standard InChI is InChI=1S/C17H15N5O/c23-17(13-8-11-3-6-19-15(11)21-10-13)20-7-4-12-9-22-16-14(12)2-1-5-18-16/h1-3,5-6,8-10H,4,7H2,(H,18,22)(H,19,21)(H,20,23). The van der Waals surface area contributed by atoms with Crippen molar-refractivity contribution in [2.24, 2.45) is 0 Å². The second-order valence-corrected chi connectivity index (χ2v) is 5.36. The number of rotatable bonds is 4. The summed E-state index contributed by atoms with van der Waals surface area (Å²) in [4.78, 5) is 26.9. The minimum Gasteiger partial charge on any atom is -0.352 e. The molecule has 0 bridgehead atoms. The molecule has 0 radical (unpaired) electrons. The SMILES string of the molecule is O=C(NCCc1c[nH]c2ncccc12)c1cnc2[nH]ccc2c1. The molecule has 4 aromatic rings. The molecule has 6 nitrogen and oxygen atoms in total. The summed E-state index contributed by atoms with van der Waals surface area (Å²) < 4.78 is 0. The predicted molar refractivity (Wildman–Crippen MR) is 88.2 cm³/mol. The van der Waals surface area contributed by atoms with E-state index in [2.05, 4.69) is 25.3 Å². The van der Waals surface area contributed by atoms with Crippen molar-refractivity contribution >= 4 is 28.0 Å². The number of hydrogen-bond acceptors (Lipinski definition) is 3. The largest absolute Gasteiger partial charge is 0.352 e. The van der Waals surface area contributed by atoms with Gasteiger partial charge in [-0.3, -0.25) is 4.79 Å². The van der Waals surface area contributed by atoms with Crippen LogP contribution in [0.2, 0.25) is 0 Å². The molecular formula is C17H15N5O. The van der Waals surface area contributed by atoms with Crippen LogP contribution in [0.1, 0.15) is 15.9 Å². The third-order valence-electron chi connectivity index (χ3n) is 3.88. The van der Waals surface area contributed by atoms with Crippen LogP contribution in [-0.2, 0) is 6.42 Å². The van der Waals surface area contributed by atoms with Gasteiger partial charge in [0.25, 0.3) is 5.91 Å². The first-order valence-electron chi connectivity index (χ1n) is 7.43. The van der Waals surface area contributed by atoms with Crippen molar-refractivity contribution in [3.63, 3.8) is 0 Å². The molecule has 4 heterocycles. The molecule has 0 unspecified atom stereocenters. The molecule has 3 N–H and O–H groups in total. The van der Waals surface area contributed by atoms with Crippen LogP contribution in [0.5, 0.6) is 0 Å². The number of amides is 1. The number of hydrogen-bond donors (Lipinski definition) is 3. The molecule has 0 saturated heterocycles. The maximum absolute atomic E-state index is 12.2. The summed E-state index contributed by atoms with van der Waals surface area (Å²) in [5.74, 6) is -0.112. The Balaban J connectivity index is 1.43. The van der Waals surface area contributed by atoms with Gasteiger partial charge in [-0.1, -0.05) is 0 Å². The van der Waals surface area contributed by atoms with Crippen molar-refractivity contribution in [2.75, 3.05) is 6.54 Å². The van der Waals surface area contributed by atoms with E-state index in [0.29, 0.717) is 12.1 Å². The van der Waals surface area contributed by atoms with Crippen molar-refractivity contribution in [3.8, 4) is 0 Å². The van der Waals surface area contributed by atoms with Crippen molar-refractivity contribution in [3.05, 3.63) is 60.2 Å². The van der Waals surface area contributed by atoms with Gasteiger partial charge in [-0.25, -0.2) is 9.97 Å². The summed E-state index contributed by atoms with van der Waals surface area (Å²) in [6.07, 6.45) is 7.84. The smallest absolute Gasteiger partial charge is 0.252 e. The lowest BCUT2D eigenvalue weighted by Crippen LogP contribution is -2.25. The average molecular weight is 305 g/mol. The van der Waals surface area contributed by atoms with Gasteiger partial charge in [-0.15, -0.1) is 0 Å². The normalized spacial score (nSPS) is 11.1. The molecule has 0 aliphatic carbocycles. The highest BCUT2D eigenvalue weighted by atomic mass is 16.1. The molecule has 1 amide bonds. The van der Waals surface area contributed by atoms with Gasteiger partial charge < -0.3 is 15.3 Å². The Kier molecular flexibility index (Phi) is 3.27. The minimum atomic E-state index is -0.112. The fourth-order valence-electron chi connectivity index (χ4n) is 2.70. The molecule has 0 aliphatic heterocycles. The van der Waals surface area contributed by atoms with Gasteiger partial charge >= 0.3 is 0 Å². The number of carbonyl (C=O) groups excluding carboxylic acids is 1. The zero-order chi connectivity index (χ0) is 15.6. The van der Waals surface area contributed by atoms with Crippen LogP contribution < -0.4 is 5.32 Å². The van der Waals surface area contributed by atoms with Gasteiger partial charge in [-0.05, 0) is 36.2 Å². The van der Waals surface area contributed by atoms with Gasteiger partial charge in [0, 0.05) is 42.1 Å².